The number of hydrogen-bond donors (Lipinski definition) is 2. The van der Waals surface area contributed by atoms with E-state index in [0.29, 0.717) is 12.5 Å². The van der Waals surface area contributed by atoms with Gasteiger partial charge >= 0.3 is 0 Å². The fourth-order valence-electron chi connectivity index (χ4n) is 3.28. The first-order chi connectivity index (χ1) is 11.1. The number of likely N-dealkylation sites (tertiary alicyclic amines) is 1. The predicted molar refractivity (Wildman–Crippen MR) is 90.0 cm³/mol. The van der Waals surface area contributed by atoms with Crippen molar-refractivity contribution in [1.82, 2.24) is 9.88 Å². The Morgan fingerprint density at radius 1 is 1.13 bits per heavy atom. The van der Waals surface area contributed by atoms with Crippen molar-refractivity contribution in [3.8, 4) is 5.75 Å². The molecular formula is C19H24N2O2. The number of pyridine rings is 1. The lowest BCUT2D eigenvalue weighted by atomic mass is 9.87. The molecule has 1 fully saturated rings. The predicted octanol–water partition coefficient (Wildman–Crippen LogP) is 3.04. The lowest BCUT2D eigenvalue weighted by Crippen LogP contribution is -2.35. The van der Waals surface area contributed by atoms with Gasteiger partial charge in [-0.3, -0.25) is 9.88 Å². The average molecular weight is 312 g/mol. The molecule has 4 heteroatoms. The number of piperidine rings is 1. The summed E-state index contributed by atoms with van der Waals surface area (Å²) >= 11 is 0. The molecule has 4 nitrogen and oxygen atoms in total. The van der Waals surface area contributed by atoms with Crippen molar-refractivity contribution in [2.75, 3.05) is 13.1 Å². The van der Waals surface area contributed by atoms with Crippen LogP contribution in [0.3, 0.4) is 0 Å². The summed E-state index contributed by atoms with van der Waals surface area (Å²) in [7, 11) is 0. The van der Waals surface area contributed by atoms with Crippen molar-refractivity contribution >= 4 is 0 Å². The zero-order valence-electron chi connectivity index (χ0n) is 13.5. The third-order valence-electron chi connectivity index (χ3n) is 4.68. The Morgan fingerprint density at radius 3 is 2.52 bits per heavy atom. The third kappa shape index (κ3) is 3.89. The van der Waals surface area contributed by atoms with Gasteiger partial charge in [0.1, 0.15) is 5.75 Å². The molecule has 0 bridgehead atoms. The highest BCUT2D eigenvalue weighted by Crippen LogP contribution is 2.31. The van der Waals surface area contributed by atoms with Gasteiger partial charge in [0.05, 0.1) is 11.8 Å². The maximum Gasteiger partial charge on any atom is 0.138 e. The van der Waals surface area contributed by atoms with Gasteiger partial charge in [0.15, 0.2) is 0 Å². The van der Waals surface area contributed by atoms with E-state index >= 15 is 0 Å². The van der Waals surface area contributed by atoms with Gasteiger partial charge in [-0.2, -0.15) is 0 Å². The molecule has 2 heterocycles. The molecule has 1 aromatic carbocycles. The zero-order valence-corrected chi connectivity index (χ0v) is 13.5. The maximum atomic E-state index is 10.5. The second-order valence-corrected chi connectivity index (χ2v) is 6.39. The third-order valence-corrected chi connectivity index (χ3v) is 4.68. The van der Waals surface area contributed by atoms with E-state index in [1.54, 1.807) is 6.07 Å². The fraction of sp³-hybridized carbons (Fsp3) is 0.421. The van der Waals surface area contributed by atoms with Crippen LogP contribution in [0.5, 0.6) is 5.75 Å². The maximum absolute atomic E-state index is 10.5. The fourth-order valence-corrected chi connectivity index (χ4v) is 3.28. The summed E-state index contributed by atoms with van der Waals surface area (Å²) < 4.78 is 0. The van der Waals surface area contributed by atoms with Crippen LogP contribution in [0.1, 0.15) is 35.9 Å². The molecule has 1 aliphatic heterocycles. The van der Waals surface area contributed by atoms with Crippen LogP contribution in [0.25, 0.3) is 0 Å². The number of aryl methyl sites for hydroxylation is 1. The number of benzene rings is 1. The van der Waals surface area contributed by atoms with E-state index in [9.17, 15) is 10.2 Å². The minimum atomic E-state index is -0.385. The van der Waals surface area contributed by atoms with Gasteiger partial charge in [0.25, 0.3) is 0 Å². The highest BCUT2D eigenvalue weighted by molar-refractivity contribution is 5.27. The molecule has 122 valence electrons. The lowest BCUT2D eigenvalue weighted by molar-refractivity contribution is 0.0562. The lowest BCUT2D eigenvalue weighted by Gasteiger charge is -2.34. The second kappa shape index (κ2) is 7.11. The monoisotopic (exact) mass is 312 g/mol. The molecule has 1 aromatic heterocycles. The van der Waals surface area contributed by atoms with Crippen molar-refractivity contribution in [2.24, 2.45) is 5.92 Å². The van der Waals surface area contributed by atoms with Crippen molar-refractivity contribution in [2.45, 2.75) is 32.4 Å². The van der Waals surface area contributed by atoms with Crippen LogP contribution in [-0.2, 0) is 6.54 Å². The van der Waals surface area contributed by atoms with Gasteiger partial charge in [-0.05, 0) is 56.5 Å². The molecule has 0 radical (unpaired) electrons. The van der Waals surface area contributed by atoms with Crippen molar-refractivity contribution in [1.29, 1.82) is 0 Å². The molecule has 1 unspecified atom stereocenters. The van der Waals surface area contributed by atoms with Gasteiger partial charge in [-0.15, -0.1) is 0 Å². The Labute approximate surface area is 137 Å². The van der Waals surface area contributed by atoms with E-state index in [2.05, 4.69) is 9.88 Å². The van der Waals surface area contributed by atoms with E-state index in [4.69, 9.17) is 0 Å². The van der Waals surface area contributed by atoms with Crippen LogP contribution >= 0.6 is 0 Å². The van der Waals surface area contributed by atoms with Gasteiger partial charge in [-0.1, -0.05) is 30.3 Å². The van der Waals surface area contributed by atoms with Gasteiger partial charge in [0, 0.05) is 12.2 Å². The number of aliphatic hydroxyl groups excluding tert-OH is 1. The molecule has 2 aromatic rings. The summed E-state index contributed by atoms with van der Waals surface area (Å²) in [5, 5.41) is 20.5. The first kappa shape index (κ1) is 16.0. The molecule has 1 aliphatic rings. The molecule has 3 rings (SSSR count). The topological polar surface area (TPSA) is 56.6 Å². The Balaban J connectivity index is 1.57. The van der Waals surface area contributed by atoms with Crippen LogP contribution in [0.15, 0.2) is 42.5 Å². The first-order valence-corrected chi connectivity index (χ1v) is 8.24. The molecule has 23 heavy (non-hydrogen) atoms. The van der Waals surface area contributed by atoms with Crippen LogP contribution in [0, 0.1) is 12.8 Å². The smallest absolute Gasteiger partial charge is 0.138 e. The van der Waals surface area contributed by atoms with Crippen molar-refractivity contribution < 1.29 is 10.2 Å². The van der Waals surface area contributed by atoms with Gasteiger partial charge in [0.2, 0.25) is 0 Å². The largest absolute Gasteiger partial charge is 0.506 e. The second-order valence-electron chi connectivity index (χ2n) is 6.39. The number of aromatic nitrogens is 1. The standard InChI is InChI=1S/C19H24N2O2/c1-14-7-8-18(22)17(20-14)13-21-11-9-16(10-12-21)19(23)15-5-3-2-4-6-15/h2-8,16,19,22-23H,9-13H2,1H3. The molecule has 0 amide bonds. The van der Waals surface area contributed by atoms with E-state index < -0.39 is 0 Å². The number of rotatable bonds is 4. The molecule has 0 saturated carbocycles. The molecule has 0 spiro atoms. The van der Waals surface area contributed by atoms with Crippen LogP contribution in [0.4, 0.5) is 0 Å². The Morgan fingerprint density at radius 2 is 1.83 bits per heavy atom. The highest BCUT2D eigenvalue weighted by Gasteiger charge is 2.26. The molecule has 0 aliphatic carbocycles. The number of hydrogen-bond acceptors (Lipinski definition) is 4. The Hall–Kier alpha value is -1.91. The zero-order chi connectivity index (χ0) is 16.2. The minimum Gasteiger partial charge on any atom is -0.506 e. The summed E-state index contributed by atoms with van der Waals surface area (Å²) in [6, 6.07) is 13.4. The van der Waals surface area contributed by atoms with E-state index in [-0.39, 0.29) is 11.9 Å². The minimum absolute atomic E-state index is 0.266. The van der Waals surface area contributed by atoms with Gasteiger partial charge in [-0.25, -0.2) is 0 Å². The van der Waals surface area contributed by atoms with E-state index in [1.807, 2.05) is 43.3 Å². The summed E-state index contributed by atoms with van der Waals surface area (Å²) in [4.78, 5) is 6.73. The molecule has 1 atom stereocenters. The first-order valence-electron chi connectivity index (χ1n) is 8.24. The quantitative estimate of drug-likeness (QED) is 0.911. The van der Waals surface area contributed by atoms with Crippen LogP contribution in [-0.4, -0.2) is 33.2 Å². The number of nitrogens with zero attached hydrogens (tertiary/aromatic N) is 2. The summed E-state index contributed by atoms with van der Waals surface area (Å²) in [6.07, 6.45) is 1.54. The van der Waals surface area contributed by atoms with Crippen molar-refractivity contribution in [3.63, 3.8) is 0 Å². The number of aromatic hydroxyl groups is 1. The SMILES string of the molecule is Cc1ccc(O)c(CN2CCC(C(O)c3ccccc3)CC2)n1. The Kier molecular flexibility index (Phi) is 4.94. The summed E-state index contributed by atoms with van der Waals surface area (Å²) in [5.41, 5.74) is 2.67. The van der Waals surface area contributed by atoms with Crippen molar-refractivity contribution in [3.05, 3.63) is 59.4 Å². The summed E-state index contributed by atoms with van der Waals surface area (Å²) in [5.74, 6) is 0.565. The van der Waals surface area contributed by atoms with Crippen LogP contribution in [0.2, 0.25) is 0 Å². The van der Waals surface area contributed by atoms with Gasteiger partial charge < -0.3 is 10.2 Å². The molecular weight excluding hydrogens is 288 g/mol. The molecule has 1 saturated heterocycles. The average Bonchev–Trinajstić information content (AvgIpc) is 2.59. The van der Waals surface area contributed by atoms with E-state index in [0.717, 1.165) is 42.9 Å². The van der Waals surface area contributed by atoms with E-state index in [1.165, 1.54) is 0 Å². The Bertz CT molecular complexity index is 637. The number of aliphatic hydroxyl groups is 1. The summed E-state index contributed by atoms with van der Waals surface area (Å²) in [6.45, 7) is 4.44. The highest BCUT2D eigenvalue weighted by atomic mass is 16.3. The normalized spacial score (nSPS) is 18.0. The van der Waals surface area contributed by atoms with Crippen LogP contribution < -0.4 is 0 Å². The molecule has 2 N–H and O–H groups in total.